The van der Waals surface area contributed by atoms with E-state index in [0.29, 0.717) is 31.4 Å². The molecule has 3 rings (SSSR count). The molecule has 0 saturated carbocycles. The molecule has 16 atom stereocenters. The zero-order chi connectivity index (χ0) is 96.0. The second kappa shape index (κ2) is 57.8. The van der Waals surface area contributed by atoms with Gasteiger partial charge in [0.05, 0.1) is 62.1 Å². The van der Waals surface area contributed by atoms with Crippen molar-refractivity contribution >= 4 is 159 Å². The molecule has 0 aliphatic carbocycles. The van der Waals surface area contributed by atoms with Crippen LogP contribution < -0.4 is 91.2 Å². The molecule has 50 heteroatoms. The highest BCUT2D eigenvalue weighted by Gasteiger charge is 2.40. The molecule has 2 aromatic rings. The summed E-state index contributed by atoms with van der Waals surface area (Å²) in [5, 5.41) is 116. The lowest BCUT2D eigenvalue weighted by molar-refractivity contribution is -0.142. The molecule has 1 fully saturated rings. The number of aliphatic hydroxyl groups excluding tert-OH is 4. The SMILES string of the molecule is CC[C@H](C)[C@H](NC(=O)[C@H](CO)NC(=O)[C@H](Cc1ccc(O)cc1)NC(=O)[C@H](CC(=O)O)NC(=O)[C@H](CO)NC(=O)[C@@H](NC(=O)[C@H](Cc1ccccc1)NC(=O)[C@@H](NC(=O)CNC(=O)[C@H](CCC(=O)O)NC(=O)CSCC(=O)NCCN1C(=O)CSC1=O)[C@@H](C)O)[C@@H](C)O)C(=O)N[C@@H](CCC(N)=O)C(=O)N[C@@H](CCSC)C(=O)N[C@@H](CC(=O)O)C(=O)N[C@H](C)CCCCN. The minimum atomic E-state index is -2.24. The zero-order valence-corrected chi connectivity index (χ0v) is 73.6. The molecular formula is C78H116N18O29S3. The van der Waals surface area contributed by atoms with Gasteiger partial charge in [0.25, 0.3) is 5.24 Å². The molecular weight excluding hydrogens is 1750 g/mol. The normalized spacial score (nSPS) is 15.5. The molecule has 47 nitrogen and oxygen atoms in total. The smallest absolute Gasteiger partial charge is 0.305 e. The molecule has 0 aromatic heterocycles. The highest BCUT2D eigenvalue weighted by atomic mass is 32.2. The summed E-state index contributed by atoms with van der Waals surface area (Å²) in [4.78, 5) is 280. The highest BCUT2D eigenvalue weighted by molar-refractivity contribution is 8.14. The number of rotatable bonds is 61. The fourth-order valence-corrected chi connectivity index (χ4v) is 13.9. The van der Waals surface area contributed by atoms with Crippen LogP contribution in [0.5, 0.6) is 5.75 Å². The number of benzene rings is 2. The lowest BCUT2D eigenvalue weighted by atomic mass is 9.97. The molecule has 1 aliphatic heterocycles. The van der Waals surface area contributed by atoms with Crippen LogP contribution in [-0.2, 0) is 109 Å². The number of carbonyl (C=O) groups is 21. The Morgan fingerprint density at radius 2 is 0.906 bits per heavy atom. The largest absolute Gasteiger partial charge is 0.508 e. The van der Waals surface area contributed by atoms with E-state index in [0.717, 1.165) is 42.3 Å². The average Bonchev–Trinajstić information content (AvgIpc) is 1.10. The average molecular weight is 1870 g/mol. The lowest BCUT2D eigenvalue weighted by Crippen LogP contribution is -2.63. The summed E-state index contributed by atoms with van der Waals surface area (Å²) in [5.74, 6) is -24.8. The van der Waals surface area contributed by atoms with Crippen LogP contribution in [0.15, 0.2) is 54.6 Å². The first-order valence-corrected chi connectivity index (χ1v) is 44.0. The van der Waals surface area contributed by atoms with Gasteiger partial charge in [0.2, 0.25) is 100 Å². The number of carboxylic acids is 3. The quantitative estimate of drug-likeness (QED) is 0.0274. The molecule has 1 heterocycles. The monoisotopic (exact) mass is 1860 g/mol. The van der Waals surface area contributed by atoms with E-state index < -0.39 is 297 Å². The van der Waals surface area contributed by atoms with Crippen LogP contribution in [0.3, 0.4) is 0 Å². The van der Waals surface area contributed by atoms with Crippen molar-refractivity contribution in [3.8, 4) is 5.75 Å². The van der Waals surface area contributed by atoms with E-state index in [-0.39, 0.29) is 54.5 Å². The van der Waals surface area contributed by atoms with Crippen LogP contribution in [0.2, 0.25) is 0 Å². The Balaban J connectivity index is 1.84. The highest BCUT2D eigenvalue weighted by Crippen LogP contribution is 2.19. The maximum Gasteiger partial charge on any atom is 0.305 e. The number of nitrogens with two attached hydrogens (primary N) is 2. The first-order valence-electron chi connectivity index (χ1n) is 40.5. The Hall–Kier alpha value is -11.8. The Morgan fingerprint density at radius 1 is 0.469 bits per heavy atom. The number of phenols is 1. The number of amides is 18. The Labute approximate surface area is 747 Å². The number of hydrogen-bond acceptors (Lipinski definition) is 30. The summed E-state index contributed by atoms with van der Waals surface area (Å²) in [6.45, 7) is 3.45. The van der Waals surface area contributed by atoms with Crippen LogP contribution in [0.1, 0.15) is 116 Å². The fourth-order valence-electron chi connectivity index (χ4n) is 12.0. The number of aromatic hydroxyl groups is 1. The number of primary amides is 1. The molecule has 0 spiro atoms. The van der Waals surface area contributed by atoms with Crippen LogP contribution in [-0.4, -0.2) is 329 Å². The first-order chi connectivity index (χ1) is 60.4. The number of carbonyl (C=O) groups excluding carboxylic acids is 18. The summed E-state index contributed by atoms with van der Waals surface area (Å²) in [7, 11) is 0. The van der Waals surface area contributed by atoms with Crippen molar-refractivity contribution in [2.75, 3.05) is 68.7 Å². The maximum atomic E-state index is 14.5. The van der Waals surface area contributed by atoms with E-state index in [4.69, 9.17) is 11.5 Å². The second-order valence-corrected chi connectivity index (χ2v) is 32.6. The van der Waals surface area contributed by atoms with E-state index in [1.54, 1.807) is 26.2 Å². The number of carboxylic acid groups (broad SMARTS) is 3. The Morgan fingerprint density at radius 3 is 1.42 bits per heavy atom. The van der Waals surface area contributed by atoms with Gasteiger partial charge in [0.15, 0.2) is 0 Å². The van der Waals surface area contributed by atoms with Crippen molar-refractivity contribution in [1.82, 2.24) is 84.7 Å². The van der Waals surface area contributed by atoms with Gasteiger partial charge in [-0.15, -0.1) is 11.8 Å². The molecule has 2 aromatic carbocycles. The summed E-state index contributed by atoms with van der Waals surface area (Å²) in [6, 6.07) is -10.1. The second-order valence-electron chi connectivity index (χ2n) is 29.7. The zero-order valence-electron chi connectivity index (χ0n) is 71.2. The Kier molecular flexibility index (Phi) is 49.8. The third kappa shape index (κ3) is 40.9. The molecule has 0 bridgehead atoms. The molecule has 1 aliphatic rings. The number of unbranched alkanes of at least 4 members (excludes halogenated alkanes) is 1. The number of phenolic OH excluding ortho intramolecular Hbond substituents is 1. The summed E-state index contributed by atoms with van der Waals surface area (Å²) < 4.78 is 0. The number of aliphatic carboxylic acids is 3. The molecule has 18 amide bonds. The molecule has 0 unspecified atom stereocenters. The van der Waals surface area contributed by atoms with E-state index in [1.165, 1.54) is 67.2 Å². The van der Waals surface area contributed by atoms with Crippen LogP contribution in [0, 0.1) is 5.92 Å². The van der Waals surface area contributed by atoms with Crippen molar-refractivity contribution < 1.29 is 142 Å². The number of nitrogens with zero attached hydrogens (tertiary/aromatic N) is 1. The molecule has 128 heavy (non-hydrogen) atoms. The van der Waals surface area contributed by atoms with Crippen LogP contribution in [0.4, 0.5) is 4.79 Å². The van der Waals surface area contributed by atoms with Gasteiger partial charge in [0, 0.05) is 44.8 Å². The number of thioether (sulfide) groups is 3. The number of aliphatic hydroxyl groups is 4. The third-order valence-corrected chi connectivity index (χ3v) is 21.7. The van der Waals surface area contributed by atoms with Crippen molar-refractivity contribution in [1.29, 1.82) is 0 Å². The lowest BCUT2D eigenvalue weighted by Gasteiger charge is -2.29. The van der Waals surface area contributed by atoms with Gasteiger partial charge in [-0.05, 0) is 101 Å². The van der Waals surface area contributed by atoms with Gasteiger partial charge in [-0.2, -0.15) is 11.8 Å². The van der Waals surface area contributed by atoms with Crippen LogP contribution >= 0.6 is 35.3 Å². The Bertz CT molecular complexity index is 4160. The minimum absolute atomic E-state index is 0.0278. The summed E-state index contributed by atoms with van der Waals surface area (Å²) in [6.07, 6.45) is -5.61. The van der Waals surface area contributed by atoms with E-state index in [9.17, 15) is 142 Å². The van der Waals surface area contributed by atoms with Crippen molar-refractivity contribution in [3.05, 3.63) is 65.7 Å². The predicted octanol–water partition coefficient (Wildman–Crippen LogP) is -8.09. The summed E-state index contributed by atoms with van der Waals surface area (Å²) in [5.41, 5.74) is 11.5. The van der Waals surface area contributed by atoms with Gasteiger partial charge in [0.1, 0.15) is 78.3 Å². The minimum Gasteiger partial charge on any atom is -0.508 e. The van der Waals surface area contributed by atoms with Gasteiger partial charge in [-0.25, -0.2) is 0 Å². The fraction of sp³-hybridized carbons (Fsp3) is 0.577. The maximum absolute atomic E-state index is 14.5. The van der Waals surface area contributed by atoms with Crippen molar-refractivity contribution in [2.45, 2.75) is 209 Å². The van der Waals surface area contributed by atoms with Gasteiger partial charge >= 0.3 is 17.9 Å². The number of imide groups is 1. The van der Waals surface area contributed by atoms with Crippen molar-refractivity contribution in [2.24, 2.45) is 17.4 Å². The third-order valence-electron chi connectivity index (χ3n) is 19.2. The first kappa shape index (κ1) is 110. The topological polar surface area (TPSA) is 756 Å². The van der Waals surface area contributed by atoms with E-state index in [1.807, 2.05) is 5.32 Å². The van der Waals surface area contributed by atoms with Gasteiger partial charge < -0.3 is 132 Å². The standard InChI is InChI=1S/C78H116N18O29S3/c1-7-39(2)63(75(122)86-47(20-22-55(80)102)67(114)85-48(24-28-126-6)68(115)88-51(31-61(109)110)69(116)83-40(3)13-11-12-25-79)94-74(121)54(35-98)91-70(117)49(30-44-16-18-45(101)19-17-44)87-71(118)52(32-62(111)112)89-73(120)53(34-97)92-77(124)65(42(5)100)95-72(119)50(29-43-14-9-8-10-15-43)90-76(123)64(41(4)99)93-56(103)33-82-66(113)46(21-23-60(107)108)84-58(105)37-127-36-57(104)81-26-27-96-59(106)38-128-78(96)125/h8-10,14-19,39-42,46-54,63-65,97-101H,7,11-13,20-38,79H2,1-6H3,(H2,80,102)(H,81,104)(H,82,113)(H,83,116)(H,84,105)(H,85,114)(H,86,122)(H,87,118)(H,88,115)(H,89,120)(H,90,123)(H,91,117)(H,92,124)(H,93,103)(H,94,121)(H,95,119)(H,107,108)(H,109,110)(H,111,112)/t39-,40+,41+,42+,46-,47-,48-,49-,50-,51-,52-,53-,54-,63-,64-,65-/m0/s1. The number of nitrogens with one attached hydrogen (secondary N) is 15. The molecule has 27 N–H and O–H groups in total. The number of hydrogen-bond donors (Lipinski definition) is 25. The van der Waals surface area contributed by atoms with Crippen LogP contribution in [0.25, 0.3) is 0 Å². The predicted molar refractivity (Wildman–Crippen MR) is 458 cm³/mol. The van der Waals surface area contributed by atoms with E-state index >= 15 is 0 Å². The molecule has 710 valence electrons. The summed E-state index contributed by atoms with van der Waals surface area (Å²) >= 11 is 2.85. The molecule has 0 radical (unpaired) electrons. The van der Waals surface area contributed by atoms with Crippen molar-refractivity contribution in [3.63, 3.8) is 0 Å². The van der Waals surface area contributed by atoms with Gasteiger partial charge in [-0.3, -0.25) is 106 Å². The van der Waals surface area contributed by atoms with E-state index in [2.05, 4.69) is 74.4 Å². The molecule has 1 saturated heterocycles. The van der Waals surface area contributed by atoms with Gasteiger partial charge in [-0.1, -0.05) is 80.9 Å².